The van der Waals surface area contributed by atoms with Gasteiger partial charge >= 0.3 is 0 Å². The van der Waals surface area contributed by atoms with Gasteiger partial charge in [-0.3, -0.25) is 0 Å². The molecule has 9 heteroatoms. The number of aromatic nitrogens is 2. The van der Waals surface area contributed by atoms with Crippen molar-refractivity contribution in [3.63, 3.8) is 0 Å². The number of nitrogens with one attached hydrogen (secondary N) is 2. The zero-order chi connectivity index (χ0) is 21.9. The Morgan fingerprint density at radius 2 is 1.87 bits per heavy atom. The lowest BCUT2D eigenvalue weighted by molar-refractivity contribution is 0.607. The van der Waals surface area contributed by atoms with E-state index in [0.29, 0.717) is 16.8 Å². The van der Waals surface area contributed by atoms with Crippen LogP contribution in [-0.2, 0) is 9.71 Å². The molecule has 0 bridgehead atoms. The van der Waals surface area contributed by atoms with Gasteiger partial charge in [-0.15, -0.1) is 0 Å². The van der Waals surface area contributed by atoms with Crippen LogP contribution in [0.2, 0.25) is 0 Å². The number of anilines is 2. The highest BCUT2D eigenvalue weighted by molar-refractivity contribution is 7.99. The van der Waals surface area contributed by atoms with Crippen molar-refractivity contribution in [3.8, 4) is 17.5 Å². The molecule has 0 aliphatic rings. The highest BCUT2D eigenvalue weighted by atomic mass is 32.2. The highest BCUT2D eigenvalue weighted by Gasteiger charge is 2.14. The summed E-state index contributed by atoms with van der Waals surface area (Å²) in [4.78, 5) is 8.06. The molecule has 2 N–H and O–H groups in total. The van der Waals surface area contributed by atoms with E-state index < -0.39 is 21.3 Å². The standard InChI is InChI=1S/C21H19F2N5OS/c1-13-4-5-17(18(22)8-13)20-19(23)10-25-21(28-20)27-16-7-14(2)6-15(9-16)11-30(3,29)26-12-24/h4-11H,1-3H3,(H,26,29)(H,25,27,28). The van der Waals surface area contributed by atoms with Gasteiger partial charge in [-0.05, 0) is 54.8 Å². The Morgan fingerprint density at radius 3 is 2.57 bits per heavy atom. The Kier molecular flexibility index (Phi) is 5.99. The second-order valence-electron chi connectivity index (χ2n) is 6.87. The van der Waals surface area contributed by atoms with Crippen molar-refractivity contribution >= 4 is 26.7 Å². The molecule has 0 radical (unpaired) electrons. The van der Waals surface area contributed by atoms with Crippen LogP contribution in [0, 0.1) is 36.9 Å². The van der Waals surface area contributed by atoms with Crippen molar-refractivity contribution in [1.29, 1.82) is 5.26 Å². The van der Waals surface area contributed by atoms with Crippen LogP contribution >= 0.6 is 0 Å². The quantitative estimate of drug-likeness (QED) is 0.367. The maximum Gasteiger partial charge on any atom is 0.227 e. The fraction of sp³-hybridized carbons (Fsp3) is 0.143. The third-order valence-electron chi connectivity index (χ3n) is 4.09. The molecule has 154 valence electrons. The molecule has 0 spiro atoms. The van der Waals surface area contributed by atoms with Gasteiger partial charge in [0.1, 0.15) is 11.5 Å². The summed E-state index contributed by atoms with van der Waals surface area (Å²) in [6.45, 7) is 3.58. The summed E-state index contributed by atoms with van der Waals surface area (Å²) >= 11 is 0. The average molecular weight is 427 g/mol. The summed E-state index contributed by atoms with van der Waals surface area (Å²) < 4.78 is 43.1. The summed E-state index contributed by atoms with van der Waals surface area (Å²) in [6, 6.07) is 9.74. The van der Waals surface area contributed by atoms with Crippen LogP contribution in [0.5, 0.6) is 0 Å². The lowest BCUT2D eigenvalue weighted by Gasteiger charge is -2.10. The molecule has 30 heavy (non-hydrogen) atoms. The molecule has 2 aromatic carbocycles. The Balaban J connectivity index is 1.98. The molecule has 3 rings (SSSR count). The second kappa shape index (κ2) is 8.47. The second-order valence-corrected chi connectivity index (χ2v) is 9.11. The Labute approximate surface area is 173 Å². The number of nitrogens with zero attached hydrogens (tertiary/aromatic N) is 3. The van der Waals surface area contributed by atoms with Crippen molar-refractivity contribution in [1.82, 2.24) is 14.7 Å². The van der Waals surface area contributed by atoms with Gasteiger partial charge in [0.15, 0.2) is 12.0 Å². The van der Waals surface area contributed by atoms with Crippen LogP contribution in [0.1, 0.15) is 16.7 Å². The van der Waals surface area contributed by atoms with Gasteiger partial charge in [0, 0.05) is 22.9 Å². The van der Waals surface area contributed by atoms with E-state index in [2.05, 4.69) is 20.0 Å². The van der Waals surface area contributed by atoms with Crippen molar-refractivity contribution in [2.45, 2.75) is 13.8 Å². The molecule has 0 amide bonds. The monoisotopic (exact) mass is 427 g/mol. The minimum Gasteiger partial charge on any atom is -0.324 e. The fourth-order valence-electron chi connectivity index (χ4n) is 2.89. The van der Waals surface area contributed by atoms with E-state index in [1.165, 1.54) is 23.8 Å². The normalized spacial score (nSPS) is 12.5. The lowest BCUT2D eigenvalue weighted by Crippen LogP contribution is -2.18. The van der Waals surface area contributed by atoms with Gasteiger partial charge < -0.3 is 5.32 Å². The van der Waals surface area contributed by atoms with E-state index >= 15 is 0 Å². The third kappa shape index (κ3) is 5.10. The topological polar surface area (TPSA) is 90.7 Å². The molecule has 1 unspecified atom stereocenters. The van der Waals surface area contributed by atoms with Crippen LogP contribution in [-0.4, -0.2) is 25.8 Å². The van der Waals surface area contributed by atoms with Crippen molar-refractivity contribution < 1.29 is 13.0 Å². The first-order valence-corrected chi connectivity index (χ1v) is 10.9. The first-order chi connectivity index (χ1) is 14.2. The van der Waals surface area contributed by atoms with Crippen LogP contribution in [0.4, 0.5) is 20.4 Å². The van der Waals surface area contributed by atoms with Crippen LogP contribution in [0.15, 0.2) is 42.6 Å². The van der Waals surface area contributed by atoms with Crippen LogP contribution in [0.3, 0.4) is 0 Å². The molecule has 3 aromatic rings. The van der Waals surface area contributed by atoms with Gasteiger partial charge in [-0.25, -0.2) is 27.7 Å². The third-order valence-corrected chi connectivity index (χ3v) is 5.31. The Morgan fingerprint density at radius 1 is 1.10 bits per heavy atom. The molecule has 0 saturated carbocycles. The fourth-order valence-corrected chi connectivity index (χ4v) is 3.79. The zero-order valence-electron chi connectivity index (χ0n) is 16.5. The average Bonchev–Trinajstić information content (AvgIpc) is 2.62. The zero-order valence-corrected chi connectivity index (χ0v) is 17.3. The van der Waals surface area contributed by atoms with E-state index in [0.717, 1.165) is 11.8 Å². The van der Waals surface area contributed by atoms with Gasteiger partial charge in [0.2, 0.25) is 5.95 Å². The summed E-state index contributed by atoms with van der Waals surface area (Å²) in [5.41, 5.74) is 2.63. The first kappa shape index (κ1) is 21.2. The van der Waals surface area contributed by atoms with Crippen LogP contribution < -0.4 is 10.0 Å². The number of hydrogen-bond donors (Lipinski definition) is 2. The largest absolute Gasteiger partial charge is 0.324 e. The summed E-state index contributed by atoms with van der Waals surface area (Å²) in [5, 5.41) is 13.1. The van der Waals surface area contributed by atoms with E-state index in [9.17, 15) is 13.0 Å². The molecule has 0 saturated heterocycles. The number of nitriles is 1. The maximum atomic E-state index is 14.3. The minimum absolute atomic E-state index is 0.0371. The molecule has 1 heterocycles. The Bertz CT molecular complexity index is 1280. The lowest BCUT2D eigenvalue weighted by atomic mass is 10.1. The highest BCUT2D eigenvalue weighted by Crippen LogP contribution is 2.26. The molecule has 0 fully saturated rings. The van der Waals surface area contributed by atoms with Crippen molar-refractivity contribution in [2.75, 3.05) is 11.6 Å². The molecule has 1 aromatic heterocycles. The van der Waals surface area contributed by atoms with Crippen LogP contribution in [0.25, 0.3) is 11.3 Å². The molecule has 0 aliphatic heterocycles. The molecule has 1 atom stereocenters. The number of rotatable bonds is 5. The molecular formula is C21H19F2N5OS. The van der Waals surface area contributed by atoms with Crippen molar-refractivity contribution in [3.05, 3.63) is 70.9 Å². The number of aryl methyl sites for hydroxylation is 2. The van der Waals surface area contributed by atoms with Gasteiger partial charge in [-0.2, -0.15) is 5.26 Å². The first-order valence-electron chi connectivity index (χ1n) is 8.84. The predicted octanol–water partition coefficient (Wildman–Crippen LogP) is 3.83. The number of halogens is 2. The molecular weight excluding hydrogens is 408 g/mol. The summed E-state index contributed by atoms with van der Waals surface area (Å²) in [5.74, 6) is -1.24. The maximum absolute atomic E-state index is 14.3. The van der Waals surface area contributed by atoms with Gasteiger partial charge in [-0.1, -0.05) is 12.1 Å². The van der Waals surface area contributed by atoms with Gasteiger partial charge in [0.05, 0.1) is 15.9 Å². The SMILES string of the molecule is Cc1cc(C=S(C)(=O)NC#N)cc(Nc2ncc(F)c(-c3ccc(C)cc3F)n2)c1. The van der Waals surface area contributed by atoms with E-state index in [-0.39, 0.29) is 17.2 Å². The summed E-state index contributed by atoms with van der Waals surface area (Å²) in [7, 11) is -2.68. The van der Waals surface area contributed by atoms with E-state index in [1.807, 2.05) is 6.92 Å². The summed E-state index contributed by atoms with van der Waals surface area (Å²) in [6.07, 6.45) is 4.06. The molecule has 6 nitrogen and oxygen atoms in total. The number of hydrogen-bond acceptors (Lipinski definition) is 5. The van der Waals surface area contributed by atoms with E-state index in [4.69, 9.17) is 5.26 Å². The van der Waals surface area contributed by atoms with Crippen molar-refractivity contribution in [2.24, 2.45) is 0 Å². The molecule has 0 aliphatic carbocycles. The van der Waals surface area contributed by atoms with Gasteiger partial charge in [0.25, 0.3) is 0 Å². The minimum atomic E-state index is -2.68. The smallest absolute Gasteiger partial charge is 0.227 e. The number of benzene rings is 2. The Hall–Kier alpha value is -3.51. The predicted molar refractivity (Wildman–Crippen MR) is 115 cm³/mol. The van der Waals surface area contributed by atoms with E-state index in [1.54, 1.807) is 37.4 Å².